The molecule has 0 saturated heterocycles. The Balaban J connectivity index is 4.07. The molecule has 15 heteroatoms. The number of hydrogen-bond acceptors (Lipinski definition) is 10. The number of thioether (sulfide) groups is 2. The standard InChI is InChI=1S/C27H50N4O9S2/c1-20(2)41-18-24(33)28-9-5-6-22(31-25(34)19-42-21(3)4)27(37)30-11-13-39-15-17-40-16-14-38-12-10-29-23(32)7-8-26(35)36/h20-22H,5-19H2,1-4H3,(H,28,33)(H,29,32)(H,30,37)(H,31,34)(H,35,36)/t22-/m0/s1. The van der Waals surface area contributed by atoms with Gasteiger partial charge in [-0.3, -0.25) is 24.0 Å². The molecular weight excluding hydrogens is 588 g/mol. The highest BCUT2D eigenvalue weighted by molar-refractivity contribution is 8.00. The van der Waals surface area contributed by atoms with Crippen LogP contribution >= 0.6 is 23.5 Å². The number of aliphatic carboxylic acids is 1. The second-order valence-corrected chi connectivity index (χ2v) is 12.8. The lowest BCUT2D eigenvalue weighted by Crippen LogP contribution is -2.48. The van der Waals surface area contributed by atoms with Crippen molar-refractivity contribution in [3.05, 3.63) is 0 Å². The molecule has 0 aliphatic heterocycles. The molecule has 0 saturated carbocycles. The Bertz CT molecular complexity index is 789. The Morgan fingerprint density at radius 3 is 1.69 bits per heavy atom. The Kier molecular flexibility index (Phi) is 25.2. The molecule has 0 aromatic rings. The molecule has 0 unspecified atom stereocenters. The van der Waals surface area contributed by atoms with E-state index < -0.39 is 12.0 Å². The zero-order valence-corrected chi connectivity index (χ0v) is 27.0. The van der Waals surface area contributed by atoms with Crippen molar-refractivity contribution in [1.29, 1.82) is 0 Å². The van der Waals surface area contributed by atoms with E-state index in [1.54, 1.807) is 11.8 Å². The first-order valence-corrected chi connectivity index (χ1v) is 16.4. The van der Waals surface area contributed by atoms with Crippen molar-refractivity contribution in [3.8, 4) is 0 Å². The number of nitrogens with one attached hydrogen (secondary N) is 4. The van der Waals surface area contributed by atoms with Crippen molar-refractivity contribution in [2.75, 3.05) is 70.8 Å². The lowest BCUT2D eigenvalue weighted by Gasteiger charge is -2.19. The third-order valence-corrected chi connectivity index (χ3v) is 7.35. The molecule has 5 N–H and O–H groups in total. The maximum absolute atomic E-state index is 12.7. The van der Waals surface area contributed by atoms with E-state index in [0.717, 1.165) is 0 Å². The van der Waals surface area contributed by atoms with Crippen LogP contribution in [0.25, 0.3) is 0 Å². The molecule has 0 fully saturated rings. The molecule has 0 bridgehead atoms. The van der Waals surface area contributed by atoms with Gasteiger partial charge in [0.15, 0.2) is 0 Å². The van der Waals surface area contributed by atoms with Gasteiger partial charge in [0, 0.05) is 26.1 Å². The van der Waals surface area contributed by atoms with Crippen LogP contribution in [-0.4, -0.2) is 122 Å². The molecule has 42 heavy (non-hydrogen) atoms. The van der Waals surface area contributed by atoms with E-state index in [0.29, 0.717) is 75.2 Å². The van der Waals surface area contributed by atoms with Crippen LogP contribution in [0.1, 0.15) is 53.4 Å². The van der Waals surface area contributed by atoms with Crippen molar-refractivity contribution in [3.63, 3.8) is 0 Å². The van der Waals surface area contributed by atoms with Crippen LogP contribution in [0.3, 0.4) is 0 Å². The largest absolute Gasteiger partial charge is 0.481 e. The minimum Gasteiger partial charge on any atom is -0.481 e. The number of carboxylic acid groups (broad SMARTS) is 1. The number of carbonyl (C=O) groups excluding carboxylic acids is 4. The topological polar surface area (TPSA) is 181 Å². The first-order valence-electron chi connectivity index (χ1n) is 14.3. The molecule has 0 aromatic carbocycles. The first-order chi connectivity index (χ1) is 20.0. The molecule has 0 aliphatic rings. The number of carboxylic acids is 1. The van der Waals surface area contributed by atoms with Crippen LogP contribution in [-0.2, 0) is 38.2 Å². The first kappa shape index (κ1) is 39.9. The Morgan fingerprint density at radius 2 is 1.14 bits per heavy atom. The SMILES string of the molecule is CC(C)SCC(=O)NCCC[C@H](NC(=O)CSC(C)C)C(=O)NCCOCCOCCOCCNC(=O)CCC(=O)O. The Labute approximate surface area is 258 Å². The van der Waals surface area contributed by atoms with E-state index in [1.165, 1.54) is 11.8 Å². The zero-order chi connectivity index (χ0) is 31.6. The summed E-state index contributed by atoms with van der Waals surface area (Å²) < 4.78 is 16.2. The average Bonchev–Trinajstić information content (AvgIpc) is 2.93. The van der Waals surface area contributed by atoms with Gasteiger partial charge in [-0.2, -0.15) is 0 Å². The molecular formula is C27H50N4O9S2. The van der Waals surface area contributed by atoms with Crippen LogP contribution in [0.5, 0.6) is 0 Å². The second-order valence-electron chi connectivity index (χ2n) is 9.70. The Morgan fingerprint density at radius 1 is 0.643 bits per heavy atom. The monoisotopic (exact) mass is 638 g/mol. The summed E-state index contributed by atoms with van der Waals surface area (Å²) in [6.07, 6.45) is 0.685. The van der Waals surface area contributed by atoms with Crippen LogP contribution in [0.4, 0.5) is 0 Å². The van der Waals surface area contributed by atoms with Gasteiger partial charge in [0.1, 0.15) is 6.04 Å². The van der Waals surface area contributed by atoms with Crippen molar-refractivity contribution in [2.24, 2.45) is 0 Å². The van der Waals surface area contributed by atoms with Gasteiger partial charge in [0.25, 0.3) is 0 Å². The molecule has 0 aliphatic carbocycles. The predicted octanol–water partition coefficient (Wildman–Crippen LogP) is 0.798. The minimum absolute atomic E-state index is 0.0440. The molecule has 0 aromatic heterocycles. The second kappa shape index (κ2) is 26.5. The van der Waals surface area contributed by atoms with Crippen LogP contribution in [0, 0.1) is 0 Å². The third-order valence-electron chi connectivity index (χ3n) is 5.16. The zero-order valence-electron chi connectivity index (χ0n) is 25.4. The molecule has 0 rings (SSSR count). The number of hydrogen-bond donors (Lipinski definition) is 5. The predicted molar refractivity (Wildman–Crippen MR) is 165 cm³/mol. The maximum Gasteiger partial charge on any atom is 0.303 e. The molecule has 13 nitrogen and oxygen atoms in total. The molecule has 0 radical (unpaired) electrons. The highest BCUT2D eigenvalue weighted by atomic mass is 32.2. The van der Waals surface area contributed by atoms with Gasteiger partial charge in [-0.1, -0.05) is 27.7 Å². The summed E-state index contributed by atoms with van der Waals surface area (Å²) in [6, 6.07) is -0.700. The lowest BCUT2D eigenvalue weighted by atomic mass is 10.1. The third kappa shape index (κ3) is 26.8. The fourth-order valence-corrected chi connectivity index (χ4v) is 4.21. The maximum atomic E-state index is 12.7. The van der Waals surface area contributed by atoms with Gasteiger partial charge in [-0.15, -0.1) is 23.5 Å². The molecule has 0 heterocycles. The number of ether oxygens (including phenoxy) is 3. The van der Waals surface area contributed by atoms with Gasteiger partial charge in [-0.25, -0.2) is 0 Å². The van der Waals surface area contributed by atoms with Gasteiger partial charge in [-0.05, 0) is 23.3 Å². The fraction of sp³-hybridized carbons (Fsp3) is 0.815. The van der Waals surface area contributed by atoms with E-state index >= 15 is 0 Å². The van der Waals surface area contributed by atoms with Crippen LogP contribution < -0.4 is 21.3 Å². The highest BCUT2D eigenvalue weighted by Crippen LogP contribution is 2.09. The normalized spacial score (nSPS) is 11.8. The van der Waals surface area contributed by atoms with E-state index in [2.05, 4.69) is 21.3 Å². The summed E-state index contributed by atoms with van der Waals surface area (Å²) in [4.78, 5) is 58.8. The van der Waals surface area contributed by atoms with E-state index in [9.17, 15) is 24.0 Å². The number of carbonyl (C=O) groups is 5. The summed E-state index contributed by atoms with van der Waals surface area (Å²) in [6.45, 7) is 11.0. The van der Waals surface area contributed by atoms with Gasteiger partial charge >= 0.3 is 5.97 Å². The highest BCUT2D eigenvalue weighted by Gasteiger charge is 2.20. The smallest absolute Gasteiger partial charge is 0.303 e. The summed E-state index contributed by atoms with van der Waals surface area (Å²) in [5.74, 6) is -1.23. The van der Waals surface area contributed by atoms with Gasteiger partial charge < -0.3 is 40.6 Å². The molecule has 1 atom stereocenters. The quantitative estimate of drug-likeness (QED) is 0.0803. The number of rotatable bonds is 27. The minimum atomic E-state index is -1.01. The fourth-order valence-electron chi connectivity index (χ4n) is 3.06. The van der Waals surface area contributed by atoms with E-state index in [-0.39, 0.29) is 55.4 Å². The summed E-state index contributed by atoms with van der Waals surface area (Å²) in [5.41, 5.74) is 0. The van der Waals surface area contributed by atoms with Gasteiger partial charge in [0.2, 0.25) is 23.6 Å². The average molecular weight is 639 g/mol. The van der Waals surface area contributed by atoms with Crippen molar-refractivity contribution >= 4 is 53.1 Å². The van der Waals surface area contributed by atoms with Crippen molar-refractivity contribution < 1.29 is 43.3 Å². The molecule has 4 amide bonds. The van der Waals surface area contributed by atoms with E-state index in [4.69, 9.17) is 19.3 Å². The number of amides is 4. The van der Waals surface area contributed by atoms with Crippen molar-refractivity contribution in [2.45, 2.75) is 69.9 Å². The van der Waals surface area contributed by atoms with Crippen molar-refractivity contribution in [1.82, 2.24) is 21.3 Å². The van der Waals surface area contributed by atoms with Crippen LogP contribution in [0.2, 0.25) is 0 Å². The molecule has 244 valence electrons. The van der Waals surface area contributed by atoms with E-state index in [1.807, 2.05) is 27.7 Å². The van der Waals surface area contributed by atoms with Gasteiger partial charge in [0.05, 0.1) is 57.6 Å². The lowest BCUT2D eigenvalue weighted by molar-refractivity contribution is -0.138. The summed E-state index contributed by atoms with van der Waals surface area (Å²) in [5, 5.41) is 20.2. The summed E-state index contributed by atoms with van der Waals surface area (Å²) >= 11 is 3.06. The van der Waals surface area contributed by atoms with Crippen LogP contribution in [0.15, 0.2) is 0 Å². The Hall–Kier alpha value is -2.07. The molecule has 0 spiro atoms. The summed E-state index contributed by atoms with van der Waals surface area (Å²) in [7, 11) is 0.